The lowest BCUT2D eigenvalue weighted by Crippen LogP contribution is -2.31. The van der Waals surface area contributed by atoms with Gasteiger partial charge < -0.3 is 20.1 Å². The summed E-state index contributed by atoms with van der Waals surface area (Å²) in [5.74, 6) is 2.17. The summed E-state index contributed by atoms with van der Waals surface area (Å²) < 4.78 is 98.8. The van der Waals surface area contributed by atoms with Crippen molar-refractivity contribution < 1.29 is 40.4 Å². The van der Waals surface area contributed by atoms with Crippen LogP contribution in [0.5, 0.6) is 5.75 Å². The van der Waals surface area contributed by atoms with Gasteiger partial charge in [-0.25, -0.2) is 15.2 Å². The topological polar surface area (TPSA) is 120 Å². The van der Waals surface area contributed by atoms with Gasteiger partial charge >= 0.3 is 6.36 Å². The molecule has 0 bridgehead atoms. The third-order valence-corrected chi connectivity index (χ3v) is 7.57. The number of anilines is 1. The summed E-state index contributed by atoms with van der Waals surface area (Å²) in [6.45, 7) is 1.52. The summed E-state index contributed by atoms with van der Waals surface area (Å²) in [6, 6.07) is 11.8. The number of nitrogens with zero attached hydrogens (tertiary/aromatic N) is 3. The number of hydrogen-bond acceptors (Lipinski definition) is 7. The van der Waals surface area contributed by atoms with Crippen LogP contribution in [0, 0.1) is 12.7 Å². The van der Waals surface area contributed by atoms with Gasteiger partial charge in [-0.3, -0.25) is 9.22 Å². The van der Waals surface area contributed by atoms with Crippen LogP contribution in [0.2, 0.25) is 0 Å². The van der Waals surface area contributed by atoms with Crippen molar-refractivity contribution in [3.8, 4) is 22.6 Å². The normalized spacial score (nSPS) is 13.2. The van der Waals surface area contributed by atoms with E-state index in [1.807, 2.05) is 0 Å². The van der Waals surface area contributed by atoms with Crippen LogP contribution in [-0.4, -0.2) is 31.5 Å². The summed E-state index contributed by atoms with van der Waals surface area (Å²) >= 11 is 0. The lowest BCUT2D eigenvalue weighted by atomic mass is 10.0. The molecule has 4 aromatic rings. The van der Waals surface area contributed by atoms with Crippen LogP contribution in [0.25, 0.3) is 22.5 Å². The van der Waals surface area contributed by atoms with Gasteiger partial charge in [-0.2, -0.15) is 8.78 Å². The first kappa shape index (κ1) is 32.6. The number of halogens is 6. The van der Waals surface area contributed by atoms with Gasteiger partial charge in [0.25, 0.3) is 5.92 Å². The Kier molecular flexibility index (Phi) is 9.13. The van der Waals surface area contributed by atoms with Gasteiger partial charge in [0.1, 0.15) is 23.1 Å². The summed E-state index contributed by atoms with van der Waals surface area (Å²) in [5, 5.41) is 10.7. The summed E-state index contributed by atoms with van der Waals surface area (Å²) in [4.78, 5) is 4.04. The van der Waals surface area contributed by atoms with Crippen molar-refractivity contribution in [1.29, 1.82) is 0 Å². The Labute approximate surface area is 250 Å². The molecule has 0 radical (unpaired) electrons. The van der Waals surface area contributed by atoms with E-state index in [0.29, 0.717) is 12.5 Å². The average Bonchev–Trinajstić information content (AvgIpc) is 3.34. The van der Waals surface area contributed by atoms with Crippen LogP contribution in [-0.2, 0) is 23.3 Å². The molecule has 3 aromatic carbocycles. The highest BCUT2D eigenvalue weighted by atomic mass is 32.2. The zero-order valence-electron chi connectivity index (χ0n) is 23.5. The van der Waals surface area contributed by atoms with E-state index >= 15 is 0 Å². The molecule has 0 aliphatic heterocycles. The Bertz CT molecular complexity index is 1730. The molecule has 44 heavy (non-hydrogen) atoms. The molecule has 8 nitrogen and oxygen atoms in total. The molecule has 0 saturated heterocycles. The Hall–Kier alpha value is -4.34. The van der Waals surface area contributed by atoms with Gasteiger partial charge in [0.2, 0.25) is 0 Å². The van der Waals surface area contributed by atoms with E-state index < -0.39 is 47.0 Å². The number of aliphatic hydroxyl groups is 1. The molecule has 0 amide bonds. The molecule has 4 rings (SSSR count). The third kappa shape index (κ3) is 6.90. The SMILES string of the molecule is Cc1nc(C(C)(F)F)cn1-c1ccc(-c2cc(F)c(CO)c(S(C)=O)c2)cc1N(N)/C(=C\N)c1ccc(OC(F)(F)F)cc1. The quantitative estimate of drug-likeness (QED) is 0.119. The number of hydrogen-bond donors (Lipinski definition) is 3. The maximum Gasteiger partial charge on any atom is 0.573 e. The predicted octanol–water partition coefficient (Wildman–Crippen LogP) is 5.86. The summed E-state index contributed by atoms with van der Waals surface area (Å²) in [6.07, 6.45) is -1.35. The van der Waals surface area contributed by atoms with Crippen molar-refractivity contribution in [2.24, 2.45) is 11.6 Å². The fraction of sp³-hybridized carbons (Fsp3) is 0.207. The average molecular weight is 640 g/mol. The number of aryl methyl sites for hydroxylation is 1. The van der Waals surface area contributed by atoms with Crippen LogP contribution in [0.4, 0.5) is 32.0 Å². The van der Waals surface area contributed by atoms with Crippen LogP contribution in [0.1, 0.15) is 29.6 Å². The molecule has 5 N–H and O–H groups in total. The van der Waals surface area contributed by atoms with Gasteiger partial charge in [-0.1, -0.05) is 6.07 Å². The number of nitrogens with two attached hydrogens (primary N) is 2. The van der Waals surface area contributed by atoms with E-state index in [4.69, 9.17) is 11.6 Å². The number of alkyl halides is 5. The van der Waals surface area contributed by atoms with Gasteiger partial charge in [0.05, 0.1) is 34.5 Å². The summed E-state index contributed by atoms with van der Waals surface area (Å²) in [5.41, 5.74) is 6.64. The first-order valence-electron chi connectivity index (χ1n) is 12.7. The van der Waals surface area contributed by atoms with E-state index in [2.05, 4.69) is 9.72 Å². The first-order valence-corrected chi connectivity index (χ1v) is 14.3. The number of hydrazine groups is 1. The second kappa shape index (κ2) is 12.3. The molecule has 1 unspecified atom stereocenters. The molecule has 0 aliphatic carbocycles. The second-order valence-corrected chi connectivity index (χ2v) is 11.0. The number of benzene rings is 3. The highest BCUT2D eigenvalue weighted by Crippen LogP contribution is 2.37. The second-order valence-electron chi connectivity index (χ2n) is 9.68. The van der Waals surface area contributed by atoms with Crippen molar-refractivity contribution in [1.82, 2.24) is 9.55 Å². The number of ether oxygens (including phenoxy) is 1. The molecule has 1 atom stereocenters. The van der Waals surface area contributed by atoms with E-state index in [1.54, 1.807) is 6.07 Å². The Morgan fingerprint density at radius 1 is 1.09 bits per heavy atom. The Morgan fingerprint density at radius 3 is 2.27 bits per heavy atom. The zero-order chi connectivity index (χ0) is 32.6. The van der Waals surface area contributed by atoms with Crippen LogP contribution < -0.4 is 21.3 Å². The van der Waals surface area contributed by atoms with Crippen LogP contribution in [0.3, 0.4) is 0 Å². The highest BCUT2D eigenvalue weighted by Gasteiger charge is 2.31. The molecule has 15 heteroatoms. The molecule has 234 valence electrons. The van der Waals surface area contributed by atoms with E-state index in [9.17, 15) is 35.7 Å². The Morgan fingerprint density at radius 2 is 1.75 bits per heavy atom. The molecule has 0 fully saturated rings. The number of imidazole rings is 1. The maximum atomic E-state index is 14.9. The molecule has 1 aromatic heterocycles. The molecule has 0 aliphatic rings. The minimum Gasteiger partial charge on any atom is -0.406 e. The van der Waals surface area contributed by atoms with E-state index in [-0.39, 0.29) is 44.5 Å². The van der Waals surface area contributed by atoms with Crippen LogP contribution >= 0.6 is 0 Å². The van der Waals surface area contributed by atoms with Crippen molar-refractivity contribution >= 4 is 22.2 Å². The fourth-order valence-electron chi connectivity index (χ4n) is 4.49. The first-order chi connectivity index (χ1) is 20.5. The van der Waals surface area contributed by atoms with Crippen LogP contribution in [0.15, 0.2) is 71.9 Å². The van der Waals surface area contributed by atoms with Gasteiger partial charge in [0.15, 0.2) is 0 Å². The molecule has 0 spiro atoms. The largest absolute Gasteiger partial charge is 0.573 e. The molecule has 1 heterocycles. The molecular formula is C29H27F6N5O3S. The molecule has 0 saturated carbocycles. The maximum absolute atomic E-state index is 14.9. The number of rotatable bonds is 9. The number of aliphatic hydroxyl groups excluding tert-OH is 1. The fourth-order valence-corrected chi connectivity index (χ4v) is 5.29. The minimum atomic E-state index is -4.90. The lowest BCUT2D eigenvalue weighted by molar-refractivity contribution is -0.274. The Balaban J connectivity index is 1.90. The van der Waals surface area contributed by atoms with Gasteiger partial charge in [0, 0.05) is 41.6 Å². The third-order valence-electron chi connectivity index (χ3n) is 6.58. The van der Waals surface area contributed by atoms with Gasteiger partial charge in [-0.15, -0.1) is 13.2 Å². The summed E-state index contributed by atoms with van der Waals surface area (Å²) in [7, 11) is -1.66. The number of aromatic nitrogens is 2. The van der Waals surface area contributed by atoms with Crippen molar-refractivity contribution in [2.75, 3.05) is 11.3 Å². The van der Waals surface area contributed by atoms with E-state index in [0.717, 1.165) is 35.6 Å². The smallest absolute Gasteiger partial charge is 0.406 e. The van der Waals surface area contributed by atoms with Crippen molar-refractivity contribution in [3.63, 3.8) is 0 Å². The minimum absolute atomic E-state index is 0.0710. The highest BCUT2D eigenvalue weighted by molar-refractivity contribution is 7.84. The standard InChI is InChI=1S/C29H27F6N5O3S/c1-16-38-27(28(2,31)32)14-39(16)23-9-6-18(19-10-22(30)21(15-41)26(12-19)44(3)42)11-24(23)40(37)25(13-36)17-4-7-20(8-5-17)43-29(33,34)35/h4-14,41H,15,36-37H2,1-3H3/b25-13-. The zero-order valence-corrected chi connectivity index (χ0v) is 24.3. The van der Waals surface area contributed by atoms with Crippen molar-refractivity contribution in [2.45, 2.75) is 37.6 Å². The van der Waals surface area contributed by atoms with Gasteiger partial charge in [-0.05, 0) is 66.6 Å². The van der Waals surface area contributed by atoms with E-state index in [1.165, 1.54) is 48.1 Å². The lowest BCUT2D eigenvalue weighted by Gasteiger charge is -2.26. The molecular weight excluding hydrogens is 612 g/mol. The predicted molar refractivity (Wildman–Crippen MR) is 153 cm³/mol. The monoisotopic (exact) mass is 639 g/mol. The van der Waals surface area contributed by atoms with Crippen molar-refractivity contribution in [3.05, 3.63) is 95.5 Å².